The topological polar surface area (TPSA) is 80.2 Å². The highest BCUT2D eigenvalue weighted by Gasteiger charge is 2.10. The first-order valence-corrected chi connectivity index (χ1v) is 8.16. The van der Waals surface area contributed by atoms with Gasteiger partial charge in [-0.2, -0.15) is 5.10 Å². The number of nitrogens with one attached hydrogen (secondary N) is 1. The molecule has 26 heavy (non-hydrogen) atoms. The summed E-state index contributed by atoms with van der Waals surface area (Å²) >= 11 is 0. The van der Waals surface area contributed by atoms with Crippen molar-refractivity contribution in [2.45, 2.75) is 13.3 Å². The molecule has 2 aromatic carbocycles. The second-order valence-electron chi connectivity index (χ2n) is 5.38. The summed E-state index contributed by atoms with van der Waals surface area (Å²) in [6.45, 7) is 5.94. The van der Waals surface area contributed by atoms with Gasteiger partial charge in [0, 0.05) is 11.1 Å². The van der Waals surface area contributed by atoms with E-state index >= 15 is 0 Å². The Kier molecular flexibility index (Phi) is 6.79. The average molecular weight is 354 g/mol. The van der Waals surface area contributed by atoms with Gasteiger partial charge >= 0.3 is 0 Å². The predicted molar refractivity (Wildman–Crippen MR) is 101 cm³/mol. The van der Waals surface area contributed by atoms with Crippen LogP contribution in [0, 0.1) is 0 Å². The maximum atomic E-state index is 12.1. The van der Waals surface area contributed by atoms with E-state index in [0.29, 0.717) is 41.2 Å². The number of hydrogen-bond acceptors (Lipinski definition) is 5. The predicted octanol–water partition coefficient (Wildman–Crippen LogP) is 3.29. The van der Waals surface area contributed by atoms with Gasteiger partial charge in [-0.1, -0.05) is 12.1 Å². The lowest BCUT2D eigenvalue weighted by Crippen LogP contribution is -2.17. The molecule has 2 aromatic rings. The third-order valence-electron chi connectivity index (χ3n) is 3.55. The van der Waals surface area contributed by atoms with E-state index in [1.54, 1.807) is 42.5 Å². The number of hydrogen-bond donors (Lipinski definition) is 2. The Morgan fingerprint density at radius 3 is 2.85 bits per heavy atom. The minimum atomic E-state index is -0.352. The molecule has 6 heteroatoms. The highest BCUT2D eigenvalue weighted by atomic mass is 16.5. The second kappa shape index (κ2) is 9.27. The molecule has 0 saturated carbocycles. The van der Waals surface area contributed by atoms with E-state index in [2.05, 4.69) is 17.1 Å². The summed E-state index contributed by atoms with van der Waals surface area (Å²) in [6, 6.07) is 10.2. The zero-order valence-electron chi connectivity index (χ0n) is 14.9. The highest BCUT2D eigenvalue weighted by molar-refractivity contribution is 5.95. The molecule has 0 atom stereocenters. The summed E-state index contributed by atoms with van der Waals surface area (Å²) in [7, 11) is 1.54. The van der Waals surface area contributed by atoms with E-state index in [4.69, 9.17) is 9.47 Å². The van der Waals surface area contributed by atoms with Gasteiger partial charge in [0.2, 0.25) is 0 Å². The summed E-state index contributed by atoms with van der Waals surface area (Å²) in [5.41, 5.74) is 4.27. The van der Waals surface area contributed by atoms with Gasteiger partial charge in [0.05, 0.1) is 19.9 Å². The van der Waals surface area contributed by atoms with Crippen LogP contribution in [0.3, 0.4) is 0 Å². The minimum absolute atomic E-state index is 0.0873. The fraction of sp³-hybridized carbons (Fsp3) is 0.200. The smallest absolute Gasteiger partial charge is 0.271 e. The molecule has 0 spiro atoms. The number of methoxy groups -OCH3 is 1. The lowest BCUT2D eigenvalue weighted by molar-refractivity contribution is 0.0955. The van der Waals surface area contributed by atoms with Crippen LogP contribution in [-0.2, 0) is 6.42 Å². The number of nitrogens with zero attached hydrogens (tertiary/aromatic N) is 1. The minimum Gasteiger partial charge on any atom is -0.504 e. The van der Waals surface area contributed by atoms with Crippen LogP contribution in [-0.4, -0.2) is 30.9 Å². The van der Waals surface area contributed by atoms with Crippen molar-refractivity contribution in [3.63, 3.8) is 0 Å². The van der Waals surface area contributed by atoms with Gasteiger partial charge in [-0.25, -0.2) is 5.43 Å². The van der Waals surface area contributed by atoms with Gasteiger partial charge < -0.3 is 14.6 Å². The molecule has 136 valence electrons. The standard InChI is InChI=1S/C20H22N2O4/c1-4-7-15-10-14(11-18(19(15)23)26-5-2)13-21-22-20(24)16-8-6-9-17(12-16)25-3/h4,6,8-13,23H,1,5,7H2,2-3H3,(H,22,24)/b21-13-. The zero-order chi connectivity index (χ0) is 18.9. The average Bonchev–Trinajstić information content (AvgIpc) is 2.65. The molecule has 0 fully saturated rings. The van der Waals surface area contributed by atoms with Crippen molar-refractivity contribution >= 4 is 12.1 Å². The van der Waals surface area contributed by atoms with Crippen LogP contribution in [0.4, 0.5) is 0 Å². The molecule has 0 aliphatic heterocycles. The molecule has 2 rings (SSSR count). The molecule has 0 heterocycles. The Hall–Kier alpha value is -3.28. The monoisotopic (exact) mass is 354 g/mol. The van der Waals surface area contributed by atoms with Crippen molar-refractivity contribution in [2.24, 2.45) is 5.10 Å². The van der Waals surface area contributed by atoms with Crippen LogP contribution in [0.2, 0.25) is 0 Å². The maximum absolute atomic E-state index is 12.1. The largest absolute Gasteiger partial charge is 0.504 e. The first-order chi connectivity index (χ1) is 12.6. The van der Waals surface area contributed by atoms with Crippen molar-refractivity contribution < 1.29 is 19.4 Å². The molecular weight excluding hydrogens is 332 g/mol. The Morgan fingerprint density at radius 2 is 2.15 bits per heavy atom. The molecule has 2 N–H and O–H groups in total. The molecule has 0 aliphatic rings. The molecule has 0 aliphatic carbocycles. The number of hydrazone groups is 1. The fourth-order valence-electron chi connectivity index (χ4n) is 2.33. The van der Waals surface area contributed by atoms with Crippen molar-refractivity contribution in [1.29, 1.82) is 0 Å². The van der Waals surface area contributed by atoms with Gasteiger partial charge in [0.15, 0.2) is 11.5 Å². The molecule has 0 radical (unpaired) electrons. The lowest BCUT2D eigenvalue weighted by Gasteiger charge is -2.10. The van der Waals surface area contributed by atoms with Crippen LogP contribution in [0.25, 0.3) is 0 Å². The van der Waals surface area contributed by atoms with Gasteiger partial charge in [-0.3, -0.25) is 4.79 Å². The van der Waals surface area contributed by atoms with Crippen molar-refractivity contribution in [3.8, 4) is 17.2 Å². The Morgan fingerprint density at radius 1 is 1.35 bits per heavy atom. The summed E-state index contributed by atoms with van der Waals surface area (Å²) in [4.78, 5) is 12.1. The number of rotatable bonds is 8. The molecule has 0 unspecified atom stereocenters. The van der Waals surface area contributed by atoms with Crippen LogP contribution in [0.5, 0.6) is 17.2 Å². The number of amides is 1. The quantitative estimate of drug-likeness (QED) is 0.433. The normalized spacial score (nSPS) is 10.5. The van der Waals surface area contributed by atoms with Gasteiger partial charge in [-0.05, 0) is 49.2 Å². The molecule has 0 aromatic heterocycles. The summed E-state index contributed by atoms with van der Waals surface area (Å²) < 4.78 is 10.5. The Labute approximate surface area is 152 Å². The Balaban J connectivity index is 2.15. The third-order valence-corrected chi connectivity index (χ3v) is 3.55. The summed E-state index contributed by atoms with van der Waals surface area (Å²) in [5, 5.41) is 14.2. The number of phenols is 1. The van der Waals surface area contributed by atoms with E-state index < -0.39 is 0 Å². The maximum Gasteiger partial charge on any atom is 0.271 e. The molecular formula is C20H22N2O4. The number of benzene rings is 2. The molecule has 6 nitrogen and oxygen atoms in total. The van der Waals surface area contributed by atoms with Crippen LogP contribution >= 0.6 is 0 Å². The molecule has 0 bridgehead atoms. The van der Waals surface area contributed by atoms with Crippen LogP contribution in [0.1, 0.15) is 28.4 Å². The first kappa shape index (κ1) is 19.1. The third kappa shape index (κ3) is 4.86. The van der Waals surface area contributed by atoms with Crippen LogP contribution in [0.15, 0.2) is 54.2 Å². The molecule has 1 amide bonds. The Bertz CT molecular complexity index is 815. The van der Waals surface area contributed by atoms with Crippen LogP contribution < -0.4 is 14.9 Å². The highest BCUT2D eigenvalue weighted by Crippen LogP contribution is 2.31. The number of carbonyl (C=O) groups is 1. The first-order valence-electron chi connectivity index (χ1n) is 8.16. The second-order valence-corrected chi connectivity index (χ2v) is 5.38. The number of aromatic hydroxyl groups is 1. The van der Waals surface area contributed by atoms with Gasteiger partial charge in [0.25, 0.3) is 5.91 Å². The zero-order valence-corrected chi connectivity index (χ0v) is 14.9. The van der Waals surface area contributed by atoms with Crippen molar-refractivity contribution in [1.82, 2.24) is 5.43 Å². The number of ether oxygens (including phenoxy) is 2. The van der Waals surface area contributed by atoms with E-state index in [9.17, 15) is 9.90 Å². The number of carbonyl (C=O) groups excluding carboxylic acids is 1. The van der Waals surface area contributed by atoms with Crippen molar-refractivity contribution in [2.75, 3.05) is 13.7 Å². The molecule has 0 saturated heterocycles. The number of phenolic OH excluding ortho intramolecular Hbond substituents is 1. The summed E-state index contributed by atoms with van der Waals surface area (Å²) in [5.74, 6) is 0.697. The van der Waals surface area contributed by atoms with Gasteiger partial charge in [-0.15, -0.1) is 6.58 Å². The van der Waals surface area contributed by atoms with E-state index in [-0.39, 0.29) is 11.7 Å². The fourth-order valence-corrected chi connectivity index (χ4v) is 2.33. The van der Waals surface area contributed by atoms with Gasteiger partial charge in [0.1, 0.15) is 5.75 Å². The van der Waals surface area contributed by atoms with E-state index in [0.717, 1.165) is 0 Å². The SMILES string of the molecule is C=CCc1cc(/C=N\NC(=O)c2cccc(OC)c2)cc(OCC)c1O. The number of allylic oxidation sites excluding steroid dienone is 1. The summed E-state index contributed by atoms with van der Waals surface area (Å²) in [6.07, 6.45) is 3.67. The van der Waals surface area contributed by atoms with E-state index in [1.807, 2.05) is 6.92 Å². The lowest BCUT2D eigenvalue weighted by atomic mass is 10.1. The van der Waals surface area contributed by atoms with Crippen molar-refractivity contribution in [3.05, 3.63) is 65.7 Å². The van der Waals surface area contributed by atoms with E-state index in [1.165, 1.54) is 13.3 Å².